The highest BCUT2D eigenvalue weighted by Crippen LogP contribution is 2.28. The van der Waals surface area contributed by atoms with E-state index >= 15 is 0 Å². The van der Waals surface area contributed by atoms with Gasteiger partial charge in [-0.05, 0) is 64.3 Å². The highest BCUT2D eigenvalue weighted by molar-refractivity contribution is 5.98. The summed E-state index contributed by atoms with van der Waals surface area (Å²) in [7, 11) is 0. The molecule has 1 aliphatic rings. The van der Waals surface area contributed by atoms with Gasteiger partial charge in [0.15, 0.2) is 0 Å². The summed E-state index contributed by atoms with van der Waals surface area (Å²) in [5.41, 5.74) is 18.3. The lowest BCUT2D eigenvalue weighted by molar-refractivity contribution is -0.133. The molecular formula is C51H54N6O5. The zero-order chi connectivity index (χ0) is 43.1. The zero-order valence-electron chi connectivity index (χ0n) is 34.8. The minimum Gasteiger partial charge on any atom is -0.444 e. The minimum atomic E-state index is -0.946. The first-order valence-corrected chi connectivity index (χ1v) is 21.2. The van der Waals surface area contributed by atoms with Gasteiger partial charge < -0.3 is 31.2 Å². The number of hydrogen-bond donors (Lipinski definition) is 3. The highest BCUT2D eigenvalue weighted by atomic mass is 16.6. The van der Waals surface area contributed by atoms with Gasteiger partial charge in [0.25, 0.3) is 0 Å². The molecule has 318 valence electrons. The Balaban J connectivity index is 1.10. The van der Waals surface area contributed by atoms with E-state index in [9.17, 15) is 14.4 Å². The number of nitrogens with two attached hydrogens (primary N) is 2. The van der Waals surface area contributed by atoms with Crippen LogP contribution in [-0.4, -0.2) is 71.6 Å². The van der Waals surface area contributed by atoms with Crippen molar-refractivity contribution in [2.75, 3.05) is 19.6 Å². The molecule has 1 aliphatic heterocycles. The molecule has 3 amide bonds. The van der Waals surface area contributed by atoms with Crippen molar-refractivity contribution in [3.05, 3.63) is 192 Å². The van der Waals surface area contributed by atoms with Crippen LogP contribution >= 0.6 is 0 Å². The molecule has 1 unspecified atom stereocenters. The second-order valence-corrected chi connectivity index (χ2v) is 15.7. The van der Waals surface area contributed by atoms with Crippen molar-refractivity contribution >= 4 is 34.8 Å². The van der Waals surface area contributed by atoms with Gasteiger partial charge in [-0.2, -0.15) is 0 Å². The van der Waals surface area contributed by atoms with Gasteiger partial charge in [0.1, 0.15) is 13.2 Å². The molecule has 1 saturated heterocycles. The summed E-state index contributed by atoms with van der Waals surface area (Å²) < 4.78 is 11.0. The molecule has 11 nitrogen and oxygen atoms in total. The largest absolute Gasteiger partial charge is 0.444 e. The fraction of sp³-hybridized carbons (Fsp3) is 0.255. The monoisotopic (exact) mass is 830 g/mol. The first kappa shape index (κ1) is 43.3. The number of guanidine groups is 1. The van der Waals surface area contributed by atoms with Crippen molar-refractivity contribution in [3.63, 3.8) is 0 Å². The molecule has 0 saturated carbocycles. The Morgan fingerprint density at radius 2 is 1.29 bits per heavy atom. The molecule has 0 spiro atoms. The highest BCUT2D eigenvalue weighted by Gasteiger charge is 2.35. The summed E-state index contributed by atoms with van der Waals surface area (Å²) in [6.45, 7) is 0.975. The van der Waals surface area contributed by atoms with Gasteiger partial charge in [-0.15, -0.1) is 4.99 Å². The predicted octanol–water partition coefficient (Wildman–Crippen LogP) is 8.17. The van der Waals surface area contributed by atoms with Crippen LogP contribution in [0, 0.1) is 0 Å². The van der Waals surface area contributed by atoms with E-state index in [0.717, 1.165) is 43.5 Å². The van der Waals surface area contributed by atoms with Gasteiger partial charge in [0, 0.05) is 37.6 Å². The summed E-state index contributed by atoms with van der Waals surface area (Å²) in [5, 5.41) is 5.98. The van der Waals surface area contributed by atoms with E-state index < -0.39 is 18.2 Å². The second kappa shape index (κ2) is 21.6. The van der Waals surface area contributed by atoms with Gasteiger partial charge in [0.2, 0.25) is 11.9 Å². The average molecular weight is 831 g/mol. The van der Waals surface area contributed by atoms with Crippen LogP contribution in [0.25, 0.3) is 10.8 Å². The van der Waals surface area contributed by atoms with Crippen LogP contribution in [-0.2, 0) is 33.9 Å². The first-order valence-electron chi connectivity index (χ1n) is 21.2. The standard InChI is InChI=1S/C51H54N6O5/c52-45(33-39-27-28-40-20-13-14-25-43(40)32-39)46-29-31-56(34-44(41-21-9-3-10-22-41)42-23-11-4-12-24-42)48(58)47(54-46)26-15-30-57(51(60)62-36-38-18-7-2-8-19-38)49(53)55-50(59)61-35-37-16-5-1-6-17-37/h1-14,16-25,27-28,32,44-47,54H,15,26,29-31,33-36,52H2,(H2,53,55,59)/t45?,46-,47-/m0/s1. The van der Waals surface area contributed by atoms with Gasteiger partial charge in [-0.25, -0.2) is 14.5 Å². The minimum absolute atomic E-state index is 0.0135. The first-order chi connectivity index (χ1) is 30.3. The van der Waals surface area contributed by atoms with Crippen LogP contribution < -0.4 is 16.8 Å². The van der Waals surface area contributed by atoms with Crippen LogP contribution in [0.1, 0.15) is 53.0 Å². The predicted molar refractivity (Wildman–Crippen MR) is 243 cm³/mol. The maximum absolute atomic E-state index is 14.8. The van der Waals surface area contributed by atoms with Gasteiger partial charge in [-0.1, -0.05) is 164 Å². The Morgan fingerprint density at radius 3 is 1.92 bits per heavy atom. The van der Waals surface area contributed by atoms with Crippen molar-refractivity contribution in [3.8, 4) is 0 Å². The number of carbonyl (C=O) groups excluding carboxylic acids is 3. The molecule has 6 aromatic carbocycles. The molecular weight excluding hydrogens is 777 g/mol. The SMILES string of the molecule is NC(=NC(=O)OCc1ccccc1)N(CCC[C@@H]1N[C@H](C(N)Cc2ccc3ccccc3c2)CCN(CC(c2ccccc2)c2ccccc2)C1=O)C(=O)OCc1ccccc1. The van der Waals surface area contributed by atoms with Gasteiger partial charge in [-0.3, -0.25) is 4.79 Å². The molecule has 11 heteroatoms. The molecule has 0 bridgehead atoms. The molecule has 0 aromatic heterocycles. The van der Waals surface area contributed by atoms with E-state index in [-0.39, 0.29) is 49.6 Å². The number of rotatable bonds is 15. The van der Waals surface area contributed by atoms with E-state index in [1.54, 1.807) is 0 Å². The van der Waals surface area contributed by atoms with Crippen molar-refractivity contribution in [1.29, 1.82) is 0 Å². The summed E-state index contributed by atoms with van der Waals surface area (Å²) in [6.07, 6.45) is 0.198. The smallest absolute Gasteiger partial charge is 0.437 e. The van der Waals surface area contributed by atoms with E-state index in [1.165, 1.54) is 0 Å². The normalized spacial score (nSPS) is 16.1. The summed E-state index contributed by atoms with van der Waals surface area (Å²) in [5.74, 6) is -0.476. The third kappa shape index (κ3) is 11.9. The third-order valence-corrected chi connectivity index (χ3v) is 11.3. The van der Waals surface area contributed by atoms with Crippen LogP contribution in [0.4, 0.5) is 9.59 Å². The van der Waals surface area contributed by atoms with Crippen LogP contribution in [0.5, 0.6) is 0 Å². The Labute approximate surface area is 363 Å². The van der Waals surface area contributed by atoms with E-state index in [1.807, 2.05) is 114 Å². The summed E-state index contributed by atoms with van der Waals surface area (Å²) in [4.78, 5) is 48.2. The average Bonchev–Trinajstić information content (AvgIpc) is 3.46. The number of nitrogens with one attached hydrogen (secondary N) is 1. The molecule has 0 radical (unpaired) electrons. The fourth-order valence-electron chi connectivity index (χ4n) is 7.99. The molecule has 1 heterocycles. The third-order valence-electron chi connectivity index (χ3n) is 11.3. The Hall–Kier alpha value is -6.82. The quantitative estimate of drug-likeness (QED) is 0.0693. The number of aliphatic imine (C=N–C) groups is 1. The molecule has 1 fully saturated rings. The molecule has 7 rings (SSSR count). The van der Waals surface area contributed by atoms with Crippen molar-refractivity contribution < 1.29 is 23.9 Å². The maximum atomic E-state index is 14.8. The topological polar surface area (TPSA) is 153 Å². The molecule has 5 N–H and O–H groups in total. The number of amides is 3. The van der Waals surface area contributed by atoms with Crippen LogP contribution in [0.15, 0.2) is 169 Å². The lowest BCUT2D eigenvalue weighted by Crippen LogP contribution is -2.52. The second-order valence-electron chi connectivity index (χ2n) is 15.7. The maximum Gasteiger partial charge on any atom is 0.437 e. The fourth-order valence-corrected chi connectivity index (χ4v) is 7.99. The Morgan fingerprint density at radius 1 is 0.726 bits per heavy atom. The van der Waals surface area contributed by atoms with Crippen molar-refractivity contribution in [2.45, 2.75) is 62.9 Å². The zero-order valence-corrected chi connectivity index (χ0v) is 34.8. The summed E-state index contributed by atoms with van der Waals surface area (Å²) >= 11 is 0. The van der Waals surface area contributed by atoms with Gasteiger partial charge in [0.05, 0.1) is 6.04 Å². The van der Waals surface area contributed by atoms with E-state index in [0.29, 0.717) is 38.8 Å². The molecule has 62 heavy (non-hydrogen) atoms. The van der Waals surface area contributed by atoms with Gasteiger partial charge >= 0.3 is 12.2 Å². The summed E-state index contributed by atoms with van der Waals surface area (Å²) in [6, 6.07) is 52.5. The Bertz CT molecular complexity index is 2360. The van der Waals surface area contributed by atoms with E-state index in [2.05, 4.69) is 64.9 Å². The molecule has 6 aromatic rings. The molecule has 0 aliphatic carbocycles. The van der Waals surface area contributed by atoms with E-state index in [4.69, 9.17) is 20.9 Å². The number of ether oxygens (including phenoxy) is 2. The number of nitrogens with zero attached hydrogens (tertiary/aromatic N) is 3. The van der Waals surface area contributed by atoms with Crippen LogP contribution in [0.2, 0.25) is 0 Å². The lowest BCUT2D eigenvalue weighted by atomic mass is 9.90. The number of fused-ring (bicyclic) bond motifs is 1. The number of hydrogen-bond acceptors (Lipinski definition) is 7. The van der Waals surface area contributed by atoms with Crippen LogP contribution in [0.3, 0.4) is 0 Å². The van der Waals surface area contributed by atoms with Crippen molar-refractivity contribution in [2.24, 2.45) is 16.5 Å². The number of carbonyl (C=O) groups is 3. The lowest BCUT2D eigenvalue weighted by Gasteiger charge is -2.30. The molecule has 3 atom stereocenters. The Kier molecular flexibility index (Phi) is 15.1. The number of benzene rings is 6. The van der Waals surface area contributed by atoms with Crippen molar-refractivity contribution in [1.82, 2.24) is 15.1 Å².